The molecule has 2 aromatic heterocycles. The molecule has 202 valence electrons. The number of likely N-dealkylation sites (tertiary alicyclic amines) is 1. The van der Waals surface area contributed by atoms with Gasteiger partial charge in [-0.3, -0.25) is 14.6 Å². The van der Waals surface area contributed by atoms with Crippen LogP contribution < -0.4 is 4.72 Å². The number of hydrogen-bond acceptors (Lipinski definition) is 6. The van der Waals surface area contributed by atoms with Gasteiger partial charge < -0.3 is 10.1 Å². The van der Waals surface area contributed by atoms with Crippen LogP contribution in [0.5, 0.6) is 5.88 Å². The average Bonchev–Trinajstić information content (AvgIpc) is 3.60. The highest BCUT2D eigenvalue weighted by molar-refractivity contribution is 7.92. The van der Waals surface area contributed by atoms with Crippen molar-refractivity contribution in [2.75, 3.05) is 17.8 Å². The molecule has 0 spiro atoms. The smallest absolute Gasteiger partial charge is 0.263 e. The lowest BCUT2D eigenvalue weighted by Crippen LogP contribution is -2.18. The molecule has 40 heavy (non-hydrogen) atoms. The van der Waals surface area contributed by atoms with E-state index in [0.717, 1.165) is 30.9 Å². The van der Waals surface area contributed by atoms with Gasteiger partial charge in [0.25, 0.3) is 10.0 Å². The van der Waals surface area contributed by atoms with Crippen LogP contribution in [0.3, 0.4) is 0 Å². The summed E-state index contributed by atoms with van der Waals surface area (Å²) in [5.41, 5.74) is 4.89. The maximum absolute atomic E-state index is 12.9. The first-order valence-electron chi connectivity index (χ1n) is 13.2. The van der Waals surface area contributed by atoms with Gasteiger partial charge in [0.2, 0.25) is 0 Å². The van der Waals surface area contributed by atoms with Crippen molar-refractivity contribution in [3.05, 3.63) is 114 Å². The fourth-order valence-corrected chi connectivity index (χ4v) is 6.08. The Morgan fingerprint density at radius 3 is 2.48 bits per heavy atom. The van der Waals surface area contributed by atoms with Crippen LogP contribution in [0.25, 0.3) is 10.9 Å². The summed E-state index contributed by atoms with van der Waals surface area (Å²) in [7, 11) is -3.84. The third kappa shape index (κ3) is 5.47. The van der Waals surface area contributed by atoms with Crippen molar-refractivity contribution in [3.8, 4) is 5.88 Å². The fraction of sp³-hybridized carbons (Fsp3) is 0.161. The van der Waals surface area contributed by atoms with E-state index in [0.29, 0.717) is 27.9 Å². The number of sulfonamides is 1. The van der Waals surface area contributed by atoms with Gasteiger partial charge in [-0.05, 0) is 74.0 Å². The highest BCUT2D eigenvalue weighted by Crippen LogP contribution is 2.34. The summed E-state index contributed by atoms with van der Waals surface area (Å²) in [6.45, 7) is 3.20. The molecule has 0 amide bonds. The van der Waals surface area contributed by atoms with E-state index in [4.69, 9.17) is 4.99 Å². The normalized spacial score (nSPS) is 14.6. The first-order chi connectivity index (χ1) is 19.5. The van der Waals surface area contributed by atoms with Crippen molar-refractivity contribution in [2.24, 2.45) is 4.99 Å². The zero-order chi connectivity index (χ0) is 27.5. The van der Waals surface area contributed by atoms with Crippen LogP contribution in [0.2, 0.25) is 0 Å². The van der Waals surface area contributed by atoms with E-state index in [1.807, 2.05) is 42.5 Å². The topological polar surface area (TPSA) is 111 Å². The molecule has 5 aromatic rings. The van der Waals surface area contributed by atoms with Crippen LogP contribution in [0.4, 0.5) is 11.4 Å². The number of nitrogens with zero attached hydrogens (tertiary/aromatic N) is 3. The van der Waals surface area contributed by atoms with E-state index < -0.39 is 10.0 Å². The largest absolute Gasteiger partial charge is 0.494 e. The first kappa shape index (κ1) is 25.8. The van der Waals surface area contributed by atoms with Gasteiger partial charge in [0.15, 0.2) is 5.88 Å². The van der Waals surface area contributed by atoms with Gasteiger partial charge in [-0.2, -0.15) is 0 Å². The monoisotopic (exact) mass is 551 g/mol. The number of aromatic amines is 1. The number of rotatable bonds is 8. The van der Waals surface area contributed by atoms with E-state index in [2.05, 4.69) is 31.7 Å². The van der Waals surface area contributed by atoms with E-state index >= 15 is 0 Å². The fourth-order valence-electron chi connectivity index (χ4n) is 5.07. The second kappa shape index (κ2) is 11.0. The van der Waals surface area contributed by atoms with Gasteiger partial charge in [-0.15, -0.1) is 0 Å². The third-order valence-electron chi connectivity index (χ3n) is 7.04. The van der Waals surface area contributed by atoms with Crippen molar-refractivity contribution in [1.29, 1.82) is 0 Å². The predicted octanol–water partition coefficient (Wildman–Crippen LogP) is 5.83. The molecule has 0 unspecified atom stereocenters. The van der Waals surface area contributed by atoms with Crippen molar-refractivity contribution in [1.82, 2.24) is 14.9 Å². The van der Waals surface area contributed by atoms with Gasteiger partial charge in [0, 0.05) is 41.1 Å². The summed E-state index contributed by atoms with van der Waals surface area (Å²) in [6, 6.07) is 26.0. The molecule has 9 heteroatoms. The predicted molar refractivity (Wildman–Crippen MR) is 158 cm³/mol. The van der Waals surface area contributed by atoms with Crippen molar-refractivity contribution in [2.45, 2.75) is 24.3 Å². The molecule has 3 N–H and O–H groups in total. The Labute approximate surface area is 233 Å². The highest BCUT2D eigenvalue weighted by Gasteiger charge is 2.21. The Morgan fingerprint density at radius 2 is 1.75 bits per heavy atom. The number of anilines is 1. The number of nitrogens with one attached hydrogen (secondary N) is 2. The Bertz CT molecular complexity index is 1760. The second-order valence-corrected chi connectivity index (χ2v) is 11.6. The molecule has 0 radical (unpaired) electrons. The van der Waals surface area contributed by atoms with Gasteiger partial charge in [0.1, 0.15) is 4.90 Å². The Kier molecular flexibility index (Phi) is 7.06. The van der Waals surface area contributed by atoms with Gasteiger partial charge >= 0.3 is 0 Å². The summed E-state index contributed by atoms with van der Waals surface area (Å²) in [6.07, 6.45) is 5.32. The summed E-state index contributed by atoms with van der Waals surface area (Å²) in [5.74, 6) is -0.0458. The summed E-state index contributed by atoms with van der Waals surface area (Å²) in [5, 5.41) is 11.7. The quantitative estimate of drug-likeness (QED) is 0.210. The van der Waals surface area contributed by atoms with Crippen LogP contribution in [0.1, 0.15) is 29.5 Å². The van der Waals surface area contributed by atoms with E-state index in [1.165, 1.54) is 36.9 Å². The Hall–Kier alpha value is -4.47. The molecule has 1 saturated heterocycles. The van der Waals surface area contributed by atoms with Crippen molar-refractivity contribution in [3.63, 3.8) is 0 Å². The first-order valence-corrected chi connectivity index (χ1v) is 14.7. The molecule has 3 aromatic carbocycles. The number of fused-ring (bicyclic) bond motifs is 1. The Balaban J connectivity index is 1.39. The number of aromatic hydroxyl groups is 1. The summed E-state index contributed by atoms with van der Waals surface area (Å²) in [4.78, 5) is 14.4. The summed E-state index contributed by atoms with van der Waals surface area (Å²) < 4.78 is 28.5. The standard InChI is InChI=1S/C31H29N5O3S/c37-31-29(27-19-25(14-15-28(27)34-31)35-40(38,39)26-9-6-16-32-20-26)30(23-7-2-1-3-8-23)33-24-12-10-22(11-13-24)21-36-17-4-5-18-36/h1-3,6-16,19-20,34-35,37H,4-5,17-18,21H2. The van der Waals surface area contributed by atoms with E-state index in [-0.39, 0.29) is 10.8 Å². The second-order valence-electron chi connectivity index (χ2n) is 9.88. The minimum Gasteiger partial charge on any atom is -0.494 e. The SMILES string of the molecule is O=S(=O)(Nc1ccc2[nH]c(O)c(C(=Nc3ccc(CN4CCCC4)cc3)c3ccccc3)c2c1)c1cccnc1. The van der Waals surface area contributed by atoms with Crippen LogP contribution in [0, 0.1) is 0 Å². The number of hydrogen-bond donors (Lipinski definition) is 3. The zero-order valence-corrected chi connectivity index (χ0v) is 22.6. The van der Waals surface area contributed by atoms with Crippen LogP contribution in [0.15, 0.2) is 107 Å². The molecule has 8 nitrogen and oxygen atoms in total. The third-order valence-corrected chi connectivity index (χ3v) is 8.41. The number of H-pyrrole nitrogens is 1. The van der Waals surface area contributed by atoms with Crippen molar-refractivity contribution >= 4 is 38.0 Å². The van der Waals surface area contributed by atoms with Crippen LogP contribution in [-0.2, 0) is 16.6 Å². The molecule has 6 rings (SSSR count). The lowest BCUT2D eigenvalue weighted by molar-refractivity contribution is 0.331. The van der Waals surface area contributed by atoms with E-state index in [1.54, 1.807) is 24.3 Å². The lowest BCUT2D eigenvalue weighted by Gasteiger charge is -2.14. The van der Waals surface area contributed by atoms with Gasteiger partial charge in [-0.25, -0.2) is 13.4 Å². The number of aliphatic imine (C=N–C) groups is 1. The Morgan fingerprint density at radius 1 is 0.975 bits per heavy atom. The molecule has 0 saturated carbocycles. The molecule has 1 aliphatic heterocycles. The minimum absolute atomic E-state index is 0.0458. The van der Waals surface area contributed by atoms with Crippen LogP contribution >= 0.6 is 0 Å². The molecule has 0 bridgehead atoms. The molecule has 3 heterocycles. The lowest BCUT2D eigenvalue weighted by atomic mass is 10.0. The van der Waals surface area contributed by atoms with Crippen LogP contribution in [-0.4, -0.2) is 47.2 Å². The molecular formula is C31H29N5O3S. The molecule has 1 aliphatic rings. The zero-order valence-electron chi connectivity index (χ0n) is 21.8. The molecule has 0 atom stereocenters. The minimum atomic E-state index is -3.84. The van der Waals surface area contributed by atoms with Gasteiger partial charge in [0.05, 0.1) is 17.0 Å². The maximum atomic E-state index is 12.9. The summed E-state index contributed by atoms with van der Waals surface area (Å²) >= 11 is 0. The number of aromatic nitrogens is 2. The molecular weight excluding hydrogens is 522 g/mol. The number of pyridine rings is 1. The average molecular weight is 552 g/mol. The van der Waals surface area contributed by atoms with Crippen molar-refractivity contribution < 1.29 is 13.5 Å². The number of benzene rings is 3. The highest BCUT2D eigenvalue weighted by atomic mass is 32.2. The molecule has 0 aliphatic carbocycles. The van der Waals surface area contributed by atoms with Gasteiger partial charge in [-0.1, -0.05) is 42.5 Å². The maximum Gasteiger partial charge on any atom is 0.263 e. The van der Waals surface area contributed by atoms with E-state index in [9.17, 15) is 13.5 Å². The molecule has 1 fully saturated rings.